The lowest BCUT2D eigenvalue weighted by Crippen LogP contribution is -2.03. The fourth-order valence-corrected chi connectivity index (χ4v) is 3.56. The Bertz CT molecular complexity index is 905. The average Bonchev–Trinajstić information content (AvgIpc) is 2.54. The summed E-state index contributed by atoms with van der Waals surface area (Å²) in [6.07, 6.45) is 4.68. The Hall–Kier alpha value is -2.51. The Morgan fingerprint density at radius 3 is 2.71 bits per heavy atom. The molecule has 3 aromatic carbocycles. The fourth-order valence-electron chi connectivity index (χ4n) is 3.56. The number of fused-ring (bicyclic) bond motifs is 5. The predicted octanol–water partition coefficient (Wildman–Crippen LogP) is 5.81. The lowest BCUT2D eigenvalue weighted by Gasteiger charge is -2.20. The number of nitrogens with zero attached hydrogens (tertiary/aromatic N) is 3. The third-order valence-corrected chi connectivity index (χ3v) is 4.48. The summed E-state index contributed by atoms with van der Waals surface area (Å²) in [5, 5.41) is 8.70. The monoisotopic (exact) mass is 273 g/mol. The van der Waals surface area contributed by atoms with Crippen LogP contribution in [-0.2, 0) is 12.8 Å². The van der Waals surface area contributed by atoms with Gasteiger partial charge in [0.25, 0.3) is 0 Å². The lowest BCUT2D eigenvalue weighted by atomic mass is 9.86. The highest BCUT2D eigenvalue weighted by Crippen LogP contribution is 2.39. The van der Waals surface area contributed by atoms with Gasteiger partial charge >= 0.3 is 0 Å². The van der Waals surface area contributed by atoms with Gasteiger partial charge in [-0.1, -0.05) is 41.5 Å². The molecule has 0 saturated carbocycles. The lowest BCUT2D eigenvalue weighted by molar-refractivity contribution is 0.690. The Kier molecular flexibility index (Phi) is 2.80. The van der Waals surface area contributed by atoms with Crippen molar-refractivity contribution < 1.29 is 0 Å². The van der Waals surface area contributed by atoms with Gasteiger partial charge in [0.2, 0.25) is 0 Å². The molecule has 0 aliphatic heterocycles. The largest absolute Gasteiger partial charge is 0.0616 e. The topological polar surface area (TPSA) is 48.8 Å². The van der Waals surface area contributed by atoms with E-state index < -0.39 is 0 Å². The standard InChI is InChI=1S/C18H15N3/c19-21-20-17-11-13-6-2-3-7-14(13)16-10-9-12-5-1-4-8-15(12)18(16)17/h2-3,6-7,9-11H,1,4-5,8H2. The molecule has 1 aliphatic carbocycles. The van der Waals surface area contributed by atoms with Gasteiger partial charge in [0.15, 0.2) is 0 Å². The maximum Gasteiger partial charge on any atom is 0.0463 e. The van der Waals surface area contributed by atoms with Gasteiger partial charge in [-0.3, -0.25) is 0 Å². The second-order valence-corrected chi connectivity index (χ2v) is 5.64. The van der Waals surface area contributed by atoms with Gasteiger partial charge < -0.3 is 0 Å². The third-order valence-electron chi connectivity index (χ3n) is 4.48. The number of aryl methyl sites for hydroxylation is 2. The van der Waals surface area contributed by atoms with E-state index in [0.717, 1.165) is 29.3 Å². The van der Waals surface area contributed by atoms with E-state index in [2.05, 4.69) is 40.4 Å². The Labute approximate surface area is 122 Å². The first kappa shape index (κ1) is 12.2. The summed E-state index contributed by atoms with van der Waals surface area (Å²) in [6, 6.07) is 14.8. The molecule has 0 aromatic heterocycles. The van der Waals surface area contributed by atoms with Crippen molar-refractivity contribution in [1.29, 1.82) is 0 Å². The molecular weight excluding hydrogens is 258 g/mol. The van der Waals surface area contributed by atoms with Crippen LogP contribution < -0.4 is 0 Å². The molecule has 0 N–H and O–H groups in total. The van der Waals surface area contributed by atoms with Crippen molar-refractivity contribution >= 4 is 27.2 Å². The molecule has 0 spiro atoms. The second-order valence-electron chi connectivity index (χ2n) is 5.64. The number of hydrogen-bond donors (Lipinski definition) is 0. The molecule has 0 heterocycles. The zero-order valence-electron chi connectivity index (χ0n) is 11.7. The molecule has 0 unspecified atom stereocenters. The van der Waals surface area contributed by atoms with Crippen LogP contribution in [0.15, 0.2) is 47.6 Å². The summed E-state index contributed by atoms with van der Waals surface area (Å²) in [6.45, 7) is 0. The van der Waals surface area contributed by atoms with Crippen LogP contribution in [-0.4, -0.2) is 0 Å². The first-order valence-corrected chi connectivity index (χ1v) is 7.40. The molecule has 0 radical (unpaired) electrons. The van der Waals surface area contributed by atoms with E-state index in [1.807, 2.05) is 12.1 Å². The van der Waals surface area contributed by atoms with Crippen molar-refractivity contribution in [1.82, 2.24) is 0 Å². The fraction of sp³-hybridized carbons (Fsp3) is 0.222. The zero-order chi connectivity index (χ0) is 14.2. The number of benzene rings is 3. The van der Waals surface area contributed by atoms with Gasteiger partial charge in [0, 0.05) is 10.6 Å². The van der Waals surface area contributed by atoms with Crippen molar-refractivity contribution in [2.75, 3.05) is 0 Å². The summed E-state index contributed by atoms with van der Waals surface area (Å²) in [5.41, 5.74) is 12.5. The summed E-state index contributed by atoms with van der Waals surface area (Å²) < 4.78 is 0. The highest BCUT2D eigenvalue weighted by molar-refractivity contribution is 6.13. The number of hydrogen-bond acceptors (Lipinski definition) is 1. The van der Waals surface area contributed by atoms with E-state index in [9.17, 15) is 0 Å². The maximum absolute atomic E-state index is 8.91. The molecule has 0 bridgehead atoms. The van der Waals surface area contributed by atoms with Crippen LogP contribution in [0.2, 0.25) is 0 Å². The van der Waals surface area contributed by atoms with E-state index in [0.29, 0.717) is 0 Å². The summed E-state index contributed by atoms with van der Waals surface area (Å²) in [7, 11) is 0. The second kappa shape index (κ2) is 4.80. The van der Waals surface area contributed by atoms with Crippen LogP contribution in [0.25, 0.3) is 32.0 Å². The van der Waals surface area contributed by atoms with E-state index in [1.54, 1.807) is 0 Å². The van der Waals surface area contributed by atoms with E-state index in [1.165, 1.54) is 34.7 Å². The van der Waals surface area contributed by atoms with Crippen molar-refractivity contribution in [2.45, 2.75) is 25.7 Å². The van der Waals surface area contributed by atoms with Gasteiger partial charge in [-0.25, -0.2) is 0 Å². The zero-order valence-corrected chi connectivity index (χ0v) is 11.7. The van der Waals surface area contributed by atoms with E-state index >= 15 is 0 Å². The quantitative estimate of drug-likeness (QED) is 0.232. The van der Waals surface area contributed by atoms with Crippen LogP contribution >= 0.6 is 0 Å². The van der Waals surface area contributed by atoms with Crippen LogP contribution in [0, 0.1) is 0 Å². The van der Waals surface area contributed by atoms with Crippen LogP contribution in [0.5, 0.6) is 0 Å². The van der Waals surface area contributed by atoms with Crippen LogP contribution in [0.4, 0.5) is 5.69 Å². The van der Waals surface area contributed by atoms with Gasteiger partial charge in [0.05, 0.1) is 0 Å². The third kappa shape index (κ3) is 1.86. The predicted molar refractivity (Wildman–Crippen MR) is 86.9 cm³/mol. The molecule has 102 valence electrons. The number of rotatable bonds is 1. The van der Waals surface area contributed by atoms with E-state index in [4.69, 9.17) is 5.53 Å². The molecule has 0 amide bonds. The molecule has 0 atom stereocenters. The van der Waals surface area contributed by atoms with Crippen molar-refractivity contribution in [3.05, 3.63) is 64.0 Å². The van der Waals surface area contributed by atoms with Gasteiger partial charge in [-0.05, 0) is 70.0 Å². The van der Waals surface area contributed by atoms with Crippen LogP contribution in [0.1, 0.15) is 24.0 Å². The van der Waals surface area contributed by atoms with Gasteiger partial charge in [-0.15, -0.1) is 0 Å². The minimum absolute atomic E-state index is 0.768. The normalized spacial score (nSPS) is 13.9. The maximum atomic E-state index is 8.91. The average molecular weight is 273 g/mol. The molecule has 4 rings (SSSR count). The Morgan fingerprint density at radius 1 is 0.952 bits per heavy atom. The minimum Gasteiger partial charge on any atom is -0.0616 e. The highest BCUT2D eigenvalue weighted by Gasteiger charge is 2.16. The molecule has 1 aliphatic rings. The van der Waals surface area contributed by atoms with Crippen molar-refractivity contribution in [3.8, 4) is 0 Å². The smallest absolute Gasteiger partial charge is 0.0463 e. The first-order valence-electron chi connectivity index (χ1n) is 7.40. The van der Waals surface area contributed by atoms with E-state index in [-0.39, 0.29) is 0 Å². The van der Waals surface area contributed by atoms with Crippen molar-refractivity contribution in [2.24, 2.45) is 5.11 Å². The first-order chi connectivity index (χ1) is 10.4. The van der Waals surface area contributed by atoms with Gasteiger partial charge in [-0.2, -0.15) is 0 Å². The summed E-state index contributed by atoms with van der Waals surface area (Å²) >= 11 is 0. The summed E-state index contributed by atoms with van der Waals surface area (Å²) in [4.78, 5) is 3.04. The molecule has 21 heavy (non-hydrogen) atoms. The van der Waals surface area contributed by atoms with Gasteiger partial charge in [0.1, 0.15) is 0 Å². The van der Waals surface area contributed by atoms with Crippen LogP contribution in [0.3, 0.4) is 0 Å². The summed E-state index contributed by atoms with van der Waals surface area (Å²) in [5.74, 6) is 0. The molecule has 3 nitrogen and oxygen atoms in total. The molecular formula is C18H15N3. The molecule has 3 heteroatoms. The minimum atomic E-state index is 0.768. The van der Waals surface area contributed by atoms with Crippen molar-refractivity contribution in [3.63, 3.8) is 0 Å². The number of azide groups is 1. The Morgan fingerprint density at radius 2 is 1.81 bits per heavy atom. The molecule has 3 aromatic rings. The highest BCUT2D eigenvalue weighted by atomic mass is 15.1. The SMILES string of the molecule is [N-]=[N+]=Nc1cc2ccccc2c2ccc3c(c12)CCCC3. The molecule has 0 fully saturated rings. The molecule has 0 saturated heterocycles. The Balaban J connectivity index is 2.22.